The van der Waals surface area contributed by atoms with Crippen molar-refractivity contribution in [2.45, 2.75) is 52.4 Å². The highest BCUT2D eigenvalue weighted by atomic mass is 14.6. The van der Waals surface area contributed by atoms with Gasteiger partial charge in [-0.25, -0.2) is 0 Å². The Morgan fingerprint density at radius 2 is 1.05 bits per heavy atom. The average molecular weight is 296 g/mol. The molecule has 2 rings (SSSR count). The molecule has 118 valence electrons. The minimum atomic E-state index is 0.0386. The highest BCUT2D eigenvalue weighted by molar-refractivity contribution is 5.87. The first kappa shape index (κ1) is 16.4. The number of nitrogen functional groups attached to an aromatic ring is 2. The molecule has 2 heteroatoms. The van der Waals surface area contributed by atoms with Crippen LogP contribution in [-0.2, 0) is 10.8 Å². The lowest BCUT2D eigenvalue weighted by atomic mass is 9.84. The molecule has 0 aromatic heterocycles. The maximum absolute atomic E-state index is 6.29. The Morgan fingerprint density at radius 3 is 1.41 bits per heavy atom. The van der Waals surface area contributed by atoms with Crippen LogP contribution in [0.2, 0.25) is 0 Å². The molecule has 0 fully saturated rings. The average Bonchev–Trinajstić information content (AvgIpc) is 2.36. The first-order chi connectivity index (χ1) is 10.00. The number of rotatable bonds is 1. The summed E-state index contributed by atoms with van der Waals surface area (Å²) in [5.41, 5.74) is 18.7. The summed E-state index contributed by atoms with van der Waals surface area (Å²) in [6, 6.07) is 12.6. The van der Waals surface area contributed by atoms with Gasteiger partial charge in [0.15, 0.2) is 0 Å². The van der Waals surface area contributed by atoms with Gasteiger partial charge in [0.1, 0.15) is 0 Å². The summed E-state index contributed by atoms with van der Waals surface area (Å²) in [5.74, 6) is 0. The van der Waals surface area contributed by atoms with Crippen molar-refractivity contribution in [1.29, 1.82) is 0 Å². The van der Waals surface area contributed by atoms with Crippen molar-refractivity contribution in [2.75, 3.05) is 11.5 Å². The van der Waals surface area contributed by atoms with E-state index in [0.29, 0.717) is 0 Å². The van der Waals surface area contributed by atoms with Crippen molar-refractivity contribution in [3.05, 3.63) is 47.5 Å². The van der Waals surface area contributed by atoms with E-state index >= 15 is 0 Å². The second-order valence-corrected chi connectivity index (χ2v) is 8.11. The van der Waals surface area contributed by atoms with Crippen LogP contribution < -0.4 is 11.5 Å². The van der Waals surface area contributed by atoms with Crippen LogP contribution in [0.5, 0.6) is 0 Å². The van der Waals surface area contributed by atoms with Gasteiger partial charge >= 0.3 is 0 Å². The molecule has 0 atom stereocenters. The van der Waals surface area contributed by atoms with Crippen LogP contribution in [-0.4, -0.2) is 0 Å². The maximum atomic E-state index is 6.29. The second-order valence-electron chi connectivity index (χ2n) is 8.11. The molecule has 0 spiro atoms. The van der Waals surface area contributed by atoms with Gasteiger partial charge in [-0.2, -0.15) is 0 Å². The third-order valence-electron chi connectivity index (χ3n) is 4.10. The first-order valence-corrected chi connectivity index (χ1v) is 7.80. The fraction of sp³-hybridized carbons (Fsp3) is 0.400. The fourth-order valence-corrected chi connectivity index (χ4v) is 2.59. The van der Waals surface area contributed by atoms with E-state index in [1.807, 2.05) is 12.1 Å². The Hall–Kier alpha value is -1.96. The minimum absolute atomic E-state index is 0.0386. The molecule has 0 amide bonds. The van der Waals surface area contributed by atoms with Crippen LogP contribution in [0.1, 0.15) is 52.7 Å². The van der Waals surface area contributed by atoms with Crippen LogP contribution in [0.25, 0.3) is 11.1 Å². The molecule has 0 saturated carbocycles. The highest BCUT2D eigenvalue weighted by Gasteiger charge is 2.18. The standard InChI is InChI=1S/C20H28N2/c1-19(2,3)14-9-7-13(8-10-14)18-16(21)11-15(12-17(18)22)20(4,5)6/h7-12H,21-22H2,1-6H3. The van der Waals surface area contributed by atoms with Gasteiger partial charge in [0.05, 0.1) is 0 Å². The van der Waals surface area contributed by atoms with Gasteiger partial charge < -0.3 is 11.5 Å². The van der Waals surface area contributed by atoms with Gasteiger partial charge in [-0.3, -0.25) is 0 Å². The second kappa shape index (κ2) is 5.35. The summed E-state index contributed by atoms with van der Waals surface area (Å²) in [6.45, 7) is 13.1. The number of nitrogens with two attached hydrogens (primary N) is 2. The van der Waals surface area contributed by atoms with Gasteiger partial charge in [-0.15, -0.1) is 0 Å². The normalized spacial score (nSPS) is 12.5. The molecule has 2 nitrogen and oxygen atoms in total. The van der Waals surface area contributed by atoms with Crippen molar-refractivity contribution < 1.29 is 0 Å². The maximum Gasteiger partial charge on any atom is 0.0417 e. The molecule has 0 saturated heterocycles. The Morgan fingerprint density at radius 1 is 0.636 bits per heavy atom. The zero-order chi connectivity index (χ0) is 16.7. The van der Waals surface area contributed by atoms with Gasteiger partial charge in [0.25, 0.3) is 0 Å². The summed E-state index contributed by atoms with van der Waals surface area (Å²) in [6.07, 6.45) is 0. The molecular formula is C20H28N2. The topological polar surface area (TPSA) is 52.0 Å². The van der Waals surface area contributed by atoms with Crippen molar-refractivity contribution in [3.8, 4) is 11.1 Å². The smallest absolute Gasteiger partial charge is 0.0417 e. The zero-order valence-electron chi connectivity index (χ0n) is 14.6. The van der Waals surface area contributed by atoms with E-state index in [4.69, 9.17) is 11.5 Å². The molecule has 2 aromatic carbocycles. The summed E-state index contributed by atoms with van der Waals surface area (Å²) in [5, 5.41) is 0. The summed E-state index contributed by atoms with van der Waals surface area (Å²) >= 11 is 0. The zero-order valence-corrected chi connectivity index (χ0v) is 14.6. The van der Waals surface area contributed by atoms with Crippen molar-refractivity contribution >= 4 is 11.4 Å². The Balaban J connectivity index is 2.50. The van der Waals surface area contributed by atoms with Gasteiger partial charge in [0.2, 0.25) is 0 Å². The lowest BCUT2D eigenvalue weighted by molar-refractivity contribution is 0.590. The van der Waals surface area contributed by atoms with Gasteiger partial charge in [0, 0.05) is 16.9 Å². The van der Waals surface area contributed by atoms with Crippen molar-refractivity contribution in [3.63, 3.8) is 0 Å². The van der Waals surface area contributed by atoms with E-state index in [-0.39, 0.29) is 10.8 Å². The van der Waals surface area contributed by atoms with E-state index in [2.05, 4.69) is 65.8 Å². The molecule has 22 heavy (non-hydrogen) atoms. The molecule has 0 bridgehead atoms. The van der Waals surface area contributed by atoms with Crippen LogP contribution >= 0.6 is 0 Å². The van der Waals surface area contributed by atoms with E-state index < -0.39 is 0 Å². The molecule has 4 N–H and O–H groups in total. The Kier molecular flexibility index (Phi) is 3.99. The third-order valence-corrected chi connectivity index (χ3v) is 4.10. The van der Waals surface area contributed by atoms with E-state index in [1.165, 1.54) is 5.56 Å². The first-order valence-electron chi connectivity index (χ1n) is 7.80. The van der Waals surface area contributed by atoms with Crippen molar-refractivity contribution in [1.82, 2.24) is 0 Å². The number of anilines is 2. The van der Waals surface area contributed by atoms with E-state index in [0.717, 1.165) is 28.1 Å². The van der Waals surface area contributed by atoms with Gasteiger partial charge in [-0.1, -0.05) is 65.8 Å². The SMILES string of the molecule is CC(C)(C)c1ccc(-c2c(N)cc(C(C)(C)C)cc2N)cc1. The van der Waals surface area contributed by atoms with Crippen molar-refractivity contribution in [2.24, 2.45) is 0 Å². The Bertz CT molecular complexity index is 645. The van der Waals surface area contributed by atoms with Crippen LogP contribution in [0.15, 0.2) is 36.4 Å². The van der Waals surface area contributed by atoms with Crippen LogP contribution in [0, 0.1) is 0 Å². The van der Waals surface area contributed by atoms with Gasteiger partial charge in [-0.05, 0) is 39.7 Å². The molecular weight excluding hydrogens is 268 g/mol. The van der Waals surface area contributed by atoms with E-state index in [9.17, 15) is 0 Å². The molecule has 0 unspecified atom stereocenters. The molecule has 0 aliphatic heterocycles. The monoisotopic (exact) mass is 296 g/mol. The fourth-order valence-electron chi connectivity index (χ4n) is 2.59. The number of hydrogen-bond donors (Lipinski definition) is 2. The molecule has 0 radical (unpaired) electrons. The molecule has 0 aliphatic carbocycles. The Labute approximate surface area is 134 Å². The van der Waals surface area contributed by atoms with Crippen LogP contribution in [0.3, 0.4) is 0 Å². The quantitative estimate of drug-likeness (QED) is 0.718. The van der Waals surface area contributed by atoms with Crippen LogP contribution in [0.4, 0.5) is 11.4 Å². The predicted octanol–water partition coefficient (Wildman–Crippen LogP) is 5.11. The summed E-state index contributed by atoms with van der Waals surface area (Å²) in [7, 11) is 0. The summed E-state index contributed by atoms with van der Waals surface area (Å²) < 4.78 is 0. The third kappa shape index (κ3) is 3.27. The van der Waals surface area contributed by atoms with E-state index in [1.54, 1.807) is 0 Å². The molecule has 0 aliphatic rings. The lowest BCUT2D eigenvalue weighted by Gasteiger charge is -2.23. The predicted molar refractivity (Wildman–Crippen MR) is 98.1 cm³/mol. The largest absolute Gasteiger partial charge is 0.398 e. The lowest BCUT2D eigenvalue weighted by Crippen LogP contribution is -2.13. The number of hydrogen-bond acceptors (Lipinski definition) is 2. The molecule has 0 heterocycles. The molecule has 2 aromatic rings. The highest BCUT2D eigenvalue weighted by Crippen LogP contribution is 2.37. The number of benzene rings is 2. The summed E-state index contributed by atoms with van der Waals surface area (Å²) in [4.78, 5) is 0. The minimum Gasteiger partial charge on any atom is -0.398 e.